The fourth-order valence-corrected chi connectivity index (χ4v) is 3.99. The normalized spacial score (nSPS) is 11.5. The predicted molar refractivity (Wildman–Crippen MR) is 158 cm³/mol. The van der Waals surface area contributed by atoms with Crippen LogP contribution >= 0.6 is 0 Å². The van der Waals surface area contributed by atoms with Crippen molar-refractivity contribution in [2.24, 2.45) is 5.92 Å². The summed E-state index contributed by atoms with van der Waals surface area (Å²) in [7, 11) is 0. The maximum atomic E-state index is 12.6. The molecule has 0 bridgehead atoms. The third kappa shape index (κ3) is 10.8. The Morgan fingerprint density at radius 1 is 0.650 bits per heavy atom. The molecule has 1 atom stereocenters. The fraction of sp³-hybridized carbons (Fsp3) is 0.412. The second kappa shape index (κ2) is 17.0. The second-order valence-electron chi connectivity index (χ2n) is 10.1. The summed E-state index contributed by atoms with van der Waals surface area (Å²) in [4.78, 5) is 24.5. The molecule has 3 aromatic carbocycles. The number of esters is 1. The first kappa shape index (κ1) is 30.7. The Morgan fingerprint density at radius 2 is 1.18 bits per heavy atom. The molecule has 0 aliphatic heterocycles. The van der Waals surface area contributed by atoms with Crippen molar-refractivity contribution in [2.45, 2.75) is 72.1 Å². The van der Waals surface area contributed by atoms with E-state index in [4.69, 9.17) is 18.9 Å². The Hall–Kier alpha value is -3.80. The first-order valence-corrected chi connectivity index (χ1v) is 14.5. The monoisotopic (exact) mass is 546 g/mol. The highest BCUT2D eigenvalue weighted by Gasteiger charge is 2.11. The van der Waals surface area contributed by atoms with E-state index < -0.39 is 12.1 Å². The molecule has 3 rings (SSSR count). The van der Waals surface area contributed by atoms with Gasteiger partial charge in [0.1, 0.15) is 17.2 Å². The van der Waals surface area contributed by atoms with Gasteiger partial charge in [-0.3, -0.25) is 0 Å². The zero-order valence-electron chi connectivity index (χ0n) is 24.0. The van der Waals surface area contributed by atoms with Gasteiger partial charge >= 0.3 is 12.1 Å². The van der Waals surface area contributed by atoms with Gasteiger partial charge in [-0.25, -0.2) is 9.59 Å². The highest BCUT2D eigenvalue weighted by Crippen LogP contribution is 2.24. The molecule has 0 aromatic heterocycles. The molecule has 0 unspecified atom stereocenters. The smallest absolute Gasteiger partial charge is 0.494 e. The Labute approximate surface area is 238 Å². The third-order valence-electron chi connectivity index (χ3n) is 6.74. The predicted octanol–water partition coefficient (Wildman–Crippen LogP) is 9.26. The average Bonchev–Trinajstić information content (AvgIpc) is 2.98. The number of carbonyl (C=O) groups is 2. The van der Waals surface area contributed by atoms with E-state index in [-0.39, 0.29) is 0 Å². The molecule has 0 aliphatic carbocycles. The Kier molecular flexibility index (Phi) is 13.1. The molecule has 0 N–H and O–H groups in total. The minimum atomic E-state index is -0.707. The molecule has 40 heavy (non-hydrogen) atoms. The lowest BCUT2D eigenvalue weighted by Crippen LogP contribution is -2.15. The van der Waals surface area contributed by atoms with Gasteiger partial charge in [-0.2, -0.15) is 0 Å². The lowest BCUT2D eigenvalue weighted by molar-refractivity contribution is 0.0734. The number of hydrogen-bond donors (Lipinski definition) is 0. The average molecular weight is 547 g/mol. The van der Waals surface area contributed by atoms with Crippen LogP contribution in [0.4, 0.5) is 4.79 Å². The summed E-state index contributed by atoms with van der Waals surface area (Å²) < 4.78 is 21.7. The lowest BCUT2D eigenvalue weighted by atomic mass is 10.0. The zero-order chi connectivity index (χ0) is 28.6. The van der Waals surface area contributed by atoms with E-state index in [1.54, 1.807) is 36.4 Å². The second-order valence-corrected chi connectivity index (χ2v) is 10.1. The van der Waals surface area contributed by atoms with E-state index in [1.807, 2.05) is 50.2 Å². The number of hydrogen-bond acceptors (Lipinski definition) is 6. The number of ether oxygens (including phenoxy) is 4. The van der Waals surface area contributed by atoms with Gasteiger partial charge in [0, 0.05) is 0 Å². The molecule has 6 nitrogen and oxygen atoms in total. The summed E-state index contributed by atoms with van der Waals surface area (Å²) in [6.45, 7) is 7.31. The first-order valence-electron chi connectivity index (χ1n) is 14.5. The van der Waals surface area contributed by atoms with Crippen molar-refractivity contribution in [1.82, 2.24) is 0 Å². The molecule has 0 saturated carbocycles. The van der Waals surface area contributed by atoms with Crippen molar-refractivity contribution < 1.29 is 28.5 Å². The van der Waals surface area contributed by atoms with Crippen molar-refractivity contribution in [3.63, 3.8) is 0 Å². The van der Waals surface area contributed by atoms with Crippen LogP contribution in [0.1, 0.15) is 82.5 Å². The number of carbonyl (C=O) groups excluding carboxylic acids is 2. The SMILES string of the molecule is CCCCCCCCCOc1ccc(OC(=O)c2ccc(-c3ccc(OC(=O)OC[C@@H](C)CC)cc3)cc2)cc1. The van der Waals surface area contributed by atoms with Gasteiger partial charge in [0.15, 0.2) is 0 Å². The quantitative estimate of drug-likeness (QED) is 0.0772. The summed E-state index contributed by atoms with van der Waals surface area (Å²) >= 11 is 0. The van der Waals surface area contributed by atoms with E-state index in [1.165, 1.54) is 38.5 Å². The van der Waals surface area contributed by atoms with Gasteiger partial charge in [-0.15, -0.1) is 0 Å². The Morgan fingerprint density at radius 3 is 1.80 bits per heavy atom. The van der Waals surface area contributed by atoms with Crippen LogP contribution in [0.5, 0.6) is 17.2 Å². The van der Waals surface area contributed by atoms with Crippen molar-refractivity contribution in [2.75, 3.05) is 13.2 Å². The third-order valence-corrected chi connectivity index (χ3v) is 6.74. The maximum Gasteiger partial charge on any atom is 0.513 e. The van der Waals surface area contributed by atoms with Gasteiger partial charge in [-0.1, -0.05) is 90.0 Å². The van der Waals surface area contributed by atoms with Gasteiger partial charge < -0.3 is 18.9 Å². The van der Waals surface area contributed by atoms with Gasteiger partial charge in [0.25, 0.3) is 0 Å². The molecule has 214 valence electrons. The molecule has 0 amide bonds. The van der Waals surface area contributed by atoms with E-state index in [2.05, 4.69) is 6.92 Å². The van der Waals surface area contributed by atoms with E-state index >= 15 is 0 Å². The highest BCUT2D eigenvalue weighted by atomic mass is 16.7. The molecule has 3 aromatic rings. The van der Waals surface area contributed by atoms with Crippen LogP contribution in [0.25, 0.3) is 11.1 Å². The number of rotatable bonds is 16. The molecule has 0 radical (unpaired) electrons. The van der Waals surface area contributed by atoms with Crippen LogP contribution in [-0.4, -0.2) is 25.3 Å². The summed E-state index contributed by atoms with van der Waals surface area (Å²) in [6.07, 6.45) is 8.94. The van der Waals surface area contributed by atoms with Crippen LogP contribution in [0.3, 0.4) is 0 Å². The van der Waals surface area contributed by atoms with Gasteiger partial charge in [-0.05, 0) is 72.0 Å². The molecule has 6 heteroatoms. The largest absolute Gasteiger partial charge is 0.513 e. The van der Waals surface area contributed by atoms with E-state index in [9.17, 15) is 9.59 Å². The topological polar surface area (TPSA) is 71.1 Å². The van der Waals surface area contributed by atoms with Gasteiger partial charge in [0.05, 0.1) is 18.8 Å². The maximum absolute atomic E-state index is 12.6. The van der Waals surface area contributed by atoms with E-state index in [0.29, 0.717) is 36.2 Å². The molecule has 0 heterocycles. The minimum absolute atomic E-state index is 0.291. The summed E-state index contributed by atoms with van der Waals surface area (Å²) in [5, 5.41) is 0. The minimum Gasteiger partial charge on any atom is -0.494 e. The molecular formula is C34H42O6. The molecule has 0 fully saturated rings. The lowest BCUT2D eigenvalue weighted by Gasteiger charge is -2.10. The van der Waals surface area contributed by atoms with Crippen LogP contribution < -0.4 is 14.2 Å². The Balaban J connectivity index is 1.42. The van der Waals surface area contributed by atoms with Crippen molar-refractivity contribution in [3.8, 4) is 28.4 Å². The van der Waals surface area contributed by atoms with Crippen molar-refractivity contribution >= 4 is 12.1 Å². The summed E-state index contributed by atoms with van der Waals surface area (Å²) in [6, 6.07) is 21.4. The van der Waals surface area contributed by atoms with E-state index in [0.717, 1.165) is 29.7 Å². The van der Waals surface area contributed by atoms with Crippen LogP contribution in [0, 0.1) is 5.92 Å². The molecular weight excluding hydrogens is 504 g/mol. The standard InChI is InChI=1S/C34H42O6/c1-4-6-7-8-9-10-11-24-37-30-20-22-31(23-21-30)39-33(35)29-14-12-27(13-15-29)28-16-18-32(19-17-28)40-34(36)38-25-26(3)5-2/h12-23,26H,4-11,24-25H2,1-3H3/t26-/m0/s1. The summed E-state index contributed by atoms with van der Waals surface area (Å²) in [5.41, 5.74) is 2.30. The van der Waals surface area contributed by atoms with Crippen molar-refractivity contribution in [1.29, 1.82) is 0 Å². The summed E-state index contributed by atoms with van der Waals surface area (Å²) in [5.74, 6) is 1.51. The molecule has 0 aliphatic rings. The van der Waals surface area contributed by atoms with Crippen LogP contribution in [-0.2, 0) is 4.74 Å². The highest BCUT2D eigenvalue weighted by molar-refractivity contribution is 5.91. The van der Waals surface area contributed by atoms with Crippen molar-refractivity contribution in [3.05, 3.63) is 78.4 Å². The molecule has 0 spiro atoms. The van der Waals surface area contributed by atoms with Crippen LogP contribution in [0.2, 0.25) is 0 Å². The zero-order valence-corrected chi connectivity index (χ0v) is 24.0. The fourth-order valence-electron chi connectivity index (χ4n) is 3.99. The number of unbranched alkanes of at least 4 members (excludes halogenated alkanes) is 6. The Bertz CT molecular complexity index is 1150. The van der Waals surface area contributed by atoms with Gasteiger partial charge in [0.2, 0.25) is 0 Å². The first-order chi connectivity index (χ1) is 19.5. The number of benzene rings is 3. The molecule has 0 saturated heterocycles. The van der Waals surface area contributed by atoms with Crippen LogP contribution in [0.15, 0.2) is 72.8 Å².